The zero-order valence-corrected chi connectivity index (χ0v) is 34.2. The Morgan fingerprint density at radius 2 is 0.741 bits per heavy atom. The molecule has 0 aliphatic heterocycles. The van der Waals surface area contributed by atoms with Gasteiger partial charge in [-0.3, -0.25) is 19.2 Å². The largest absolute Gasteiger partial charge is 0.354 e. The van der Waals surface area contributed by atoms with Crippen molar-refractivity contribution in [2.75, 3.05) is 13.1 Å². The van der Waals surface area contributed by atoms with Gasteiger partial charge in [-0.15, -0.1) is 0 Å². The maximum Gasteiger partial charge on any atom is 0.242 e. The third kappa shape index (κ3) is 22.4. The molecule has 0 saturated carbocycles. The number of hydrogen-bond donors (Lipinski definition) is 4. The highest BCUT2D eigenvalue weighted by Crippen LogP contribution is 2.11. The van der Waals surface area contributed by atoms with E-state index in [0.29, 0.717) is 25.9 Å². The Hall–Kier alpha value is -3.82. The van der Waals surface area contributed by atoms with E-state index in [0.717, 1.165) is 90.1 Å². The van der Waals surface area contributed by atoms with Crippen molar-refractivity contribution < 1.29 is 28.3 Å². The van der Waals surface area contributed by atoms with Crippen LogP contribution in [0.3, 0.4) is 0 Å². The van der Waals surface area contributed by atoms with Crippen molar-refractivity contribution in [1.82, 2.24) is 21.3 Å². The SMILES string of the molecule is CC(C)[C@H](NC(=O)CCCCC[n+]1ccccc1)C(=O)NCCCCCCCCCCCCNC(=O)[C@@H](NC(=O)CCCCC[n+]1ccccc1)C(C)C. The first-order valence-corrected chi connectivity index (χ1v) is 21.2. The average molecular weight is 751 g/mol. The van der Waals surface area contributed by atoms with Gasteiger partial charge >= 0.3 is 0 Å². The van der Waals surface area contributed by atoms with Crippen LogP contribution in [-0.2, 0) is 32.3 Å². The fourth-order valence-corrected chi connectivity index (χ4v) is 6.55. The van der Waals surface area contributed by atoms with Crippen molar-refractivity contribution in [3.05, 3.63) is 61.2 Å². The zero-order chi connectivity index (χ0) is 39.2. The molecule has 4 N–H and O–H groups in total. The number of rotatable bonds is 31. The van der Waals surface area contributed by atoms with Crippen LogP contribution in [0.2, 0.25) is 0 Å². The van der Waals surface area contributed by atoms with Crippen molar-refractivity contribution in [3.8, 4) is 0 Å². The summed E-state index contributed by atoms with van der Waals surface area (Å²) in [4.78, 5) is 50.6. The Balaban J connectivity index is 1.41. The average Bonchev–Trinajstić information content (AvgIpc) is 3.16. The summed E-state index contributed by atoms with van der Waals surface area (Å²) in [5, 5.41) is 12.0. The number of nitrogens with zero attached hydrogens (tertiary/aromatic N) is 2. The minimum Gasteiger partial charge on any atom is -0.354 e. The quantitative estimate of drug-likeness (QED) is 0.0519. The van der Waals surface area contributed by atoms with Crippen LogP contribution in [0, 0.1) is 11.8 Å². The fraction of sp³-hybridized carbons (Fsp3) is 0.682. The van der Waals surface area contributed by atoms with Crippen LogP contribution >= 0.6 is 0 Å². The first-order chi connectivity index (χ1) is 26.2. The Morgan fingerprint density at radius 3 is 1.07 bits per heavy atom. The highest BCUT2D eigenvalue weighted by Gasteiger charge is 2.24. The Morgan fingerprint density at radius 1 is 0.426 bits per heavy atom. The first kappa shape index (κ1) is 46.3. The van der Waals surface area contributed by atoms with E-state index in [-0.39, 0.29) is 35.5 Å². The second-order valence-corrected chi connectivity index (χ2v) is 15.5. The van der Waals surface area contributed by atoms with Crippen LogP contribution in [-0.4, -0.2) is 48.8 Å². The van der Waals surface area contributed by atoms with Gasteiger partial charge in [0.05, 0.1) is 0 Å². The van der Waals surface area contributed by atoms with Crippen LogP contribution < -0.4 is 30.4 Å². The summed E-state index contributed by atoms with van der Waals surface area (Å²) in [6.07, 6.45) is 26.0. The first-order valence-electron chi connectivity index (χ1n) is 21.2. The van der Waals surface area contributed by atoms with Gasteiger partial charge in [0, 0.05) is 63.0 Å². The van der Waals surface area contributed by atoms with Crippen molar-refractivity contribution in [2.45, 2.75) is 168 Å². The molecule has 4 amide bonds. The predicted molar refractivity (Wildman–Crippen MR) is 216 cm³/mol. The van der Waals surface area contributed by atoms with E-state index in [4.69, 9.17) is 0 Å². The molecule has 2 aromatic heterocycles. The number of hydrogen-bond acceptors (Lipinski definition) is 4. The van der Waals surface area contributed by atoms with Crippen molar-refractivity contribution in [2.24, 2.45) is 11.8 Å². The summed E-state index contributed by atoms with van der Waals surface area (Å²) in [6, 6.07) is 11.1. The second kappa shape index (κ2) is 29.5. The zero-order valence-electron chi connectivity index (χ0n) is 34.2. The Labute approximate surface area is 327 Å². The lowest BCUT2D eigenvalue weighted by Gasteiger charge is -2.21. The molecule has 302 valence electrons. The van der Waals surface area contributed by atoms with Gasteiger partial charge in [-0.05, 0) is 50.4 Å². The molecular formula is C44H74N6O4+2. The molecule has 0 fully saturated rings. The van der Waals surface area contributed by atoms with E-state index in [2.05, 4.69) is 55.2 Å². The highest BCUT2D eigenvalue weighted by molar-refractivity contribution is 5.88. The normalized spacial score (nSPS) is 12.3. The van der Waals surface area contributed by atoms with Gasteiger partial charge in [0.15, 0.2) is 24.8 Å². The van der Waals surface area contributed by atoms with Crippen LogP contribution in [0.1, 0.15) is 143 Å². The van der Waals surface area contributed by atoms with Gasteiger partial charge < -0.3 is 21.3 Å². The number of carbonyl (C=O) groups excluding carboxylic acids is 4. The molecule has 2 rings (SSSR count). The number of pyridine rings is 2. The van der Waals surface area contributed by atoms with Crippen LogP contribution in [0.5, 0.6) is 0 Å². The number of unbranched alkanes of at least 4 members (excludes halogenated alkanes) is 13. The topological polar surface area (TPSA) is 124 Å². The smallest absolute Gasteiger partial charge is 0.242 e. The molecule has 0 aliphatic rings. The maximum absolute atomic E-state index is 12.8. The van der Waals surface area contributed by atoms with Crippen LogP contribution in [0.25, 0.3) is 0 Å². The minimum absolute atomic E-state index is 0.0361. The van der Waals surface area contributed by atoms with E-state index in [1.165, 1.54) is 25.7 Å². The van der Waals surface area contributed by atoms with E-state index in [1.807, 2.05) is 64.1 Å². The Kier molecular flexibility index (Phi) is 25.3. The molecule has 0 radical (unpaired) electrons. The van der Waals surface area contributed by atoms with E-state index in [1.54, 1.807) is 0 Å². The summed E-state index contributed by atoms with van der Waals surface area (Å²) in [6.45, 7) is 11.1. The molecule has 0 saturated heterocycles. The fourth-order valence-electron chi connectivity index (χ4n) is 6.55. The van der Waals surface area contributed by atoms with Gasteiger partial charge in [0.1, 0.15) is 25.2 Å². The molecule has 0 aliphatic carbocycles. The standard InChI is InChI=1S/C44H72N6O4/c1-37(2)41(47-39(51)27-17-13-21-31-49-33-23-15-24-34-49)43(53)45-29-19-11-9-7-5-6-8-10-12-20-30-46-44(54)42(38(3)4)48-40(52)28-18-14-22-32-50-35-25-16-26-36-50/h15-16,23-26,33-38,41-42H,5-14,17-22,27-32H2,1-4H3,(H2-2,45,46,47,48,51,52,53,54)/p+2/t41-,42-/m0/s1. The van der Waals surface area contributed by atoms with Gasteiger partial charge in [-0.2, -0.15) is 0 Å². The van der Waals surface area contributed by atoms with Crippen molar-refractivity contribution in [1.29, 1.82) is 0 Å². The molecule has 2 atom stereocenters. The third-order valence-corrected chi connectivity index (χ3v) is 9.93. The summed E-state index contributed by atoms with van der Waals surface area (Å²) in [5.41, 5.74) is 0. The lowest BCUT2D eigenvalue weighted by atomic mass is 10.0. The second-order valence-electron chi connectivity index (χ2n) is 15.5. The summed E-state index contributed by atoms with van der Waals surface area (Å²) < 4.78 is 4.30. The number of nitrogens with one attached hydrogen (secondary N) is 4. The van der Waals surface area contributed by atoms with E-state index in [9.17, 15) is 19.2 Å². The molecule has 10 heteroatoms. The van der Waals surface area contributed by atoms with Gasteiger partial charge in [0.2, 0.25) is 23.6 Å². The molecule has 2 heterocycles. The molecule has 10 nitrogen and oxygen atoms in total. The van der Waals surface area contributed by atoms with E-state index < -0.39 is 12.1 Å². The lowest BCUT2D eigenvalue weighted by Crippen LogP contribution is -2.49. The number of carbonyl (C=O) groups is 4. The van der Waals surface area contributed by atoms with Crippen LogP contribution in [0.15, 0.2) is 61.2 Å². The summed E-state index contributed by atoms with van der Waals surface area (Å²) in [7, 11) is 0. The van der Waals surface area contributed by atoms with Gasteiger partial charge in [-0.1, -0.05) is 91.2 Å². The molecule has 0 unspecified atom stereocenters. The van der Waals surface area contributed by atoms with E-state index >= 15 is 0 Å². The van der Waals surface area contributed by atoms with Gasteiger partial charge in [0.25, 0.3) is 0 Å². The molecule has 54 heavy (non-hydrogen) atoms. The molecular weight excluding hydrogens is 677 g/mol. The predicted octanol–water partition coefficient (Wildman–Crippen LogP) is 6.50. The highest BCUT2D eigenvalue weighted by atomic mass is 16.2. The monoisotopic (exact) mass is 751 g/mol. The Bertz CT molecular complexity index is 1190. The van der Waals surface area contributed by atoms with Gasteiger partial charge in [-0.25, -0.2) is 9.13 Å². The summed E-state index contributed by atoms with van der Waals surface area (Å²) >= 11 is 0. The van der Waals surface area contributed by atoms with Crippen LogP contribution in [0.4, 0.5) is 0 Å². The van der Waals surface area contributed by atoms with Crippen molar-refractivity contribution >= 4 is 23.6 Å². The maximum atomic E-state index is 12.8. The minimum atomic E-state index is -0.492. The number of aromatic nitrogens is 2. The molecule has 0 bridgehead atoms. The molecule has 2 aromatic rings. The summed E-state index contributed by atoms with van der Waals surface area (Å²) in [5.74, 6) is -0.184. The number of amides is 4. The lowest BCUT2D eigenvalue weighted by molar-refractivity contribution is -0.697. The van der Waals surface area contributed by atoms with Crippen molar-refractivity contribution in [3.63, 3.8) is 0 Å². The molecule has 0 spiro atoms. The third-order valence-electron chi connectivity index (χ3n) is 9.93. The molecule has 0 aromatic carbocycles. The number of aryl methyl sites for hydroxylation is 2.